The average Bonchev–Trinajstić information content (AvgIpc) is 3.05. The van der Waals surface area contributed by atoms with E-state index in [1.54, 1.807) is 18.3 Å². The minimum absolute atomic E-state index is 0.124. The largest absolute Gasteiger partial charge is 0.489 e. The van der Waals surface area contributed by atoms with Crippen LogP contribution in [0.25, 0.3) is 0 Å². The van der Waals surface area contributed by atoms with Crippen molar-refractivity contribution in [2.75, 3.05) is 13.2 Å². The highest BCUT2D eigenvalue weighted by Gasteiger charge is 2.11. The van der Waals surface area contributed by atoms with E-state index in [4.69, 9.17) is 60.7 Å². The third-order valence-electron chi connectivity index (χ3n) is 3.27. The number of rotatable bonds is 10. The maximum Gasteiger partial charge on any atom is 0.157 e. The molecule has 1 aromatic heterocycles. The first-order valence-electron chi connectivity index (χ1n) is 8.44. The lowest BCUT2D eigenvalue weighted by atomic mass is 10.2. The van der Waals surface area contributed by atoms with Crippen LogP contribution in [0.5, 0.6) is 11.5 Å². The van der Waals surface area contributed by atoms with E-state index in [0.717, 1.165) is 11.4 Å². The summed E-state index contributed by atoms with van der Waals surface area (Å²) >= 11 is 23.6. The Kier molecular flexibility index (Phi) is 9.32. The van der Waals surface area contributed by atoms with E-state index in [2.05, 4.69) is 24.0 Å². The monoisotopic (exact) mass is 464 g/mol. The summed E-state index contributed by atoms with van der Waals surface area (Å²) in [6.07, 6.45) is 3.12. The van der Waals surface area contributed by atoms with Crippen molar-refractivity contribution >= 4 is 52.6 Å². The molecule has 1 N–H and O–H groups in total. The highest BCUT2D eigenvalue weighted by atomic mass is 35.5. The normalized spacial score (nSPS) is 11.1. The van der Waals surface area contributed by atoms with Gasteiger partial charge >= 0.3 is 0 Å². The van der Waals surface area contributed by atoms with Gasteiger partial charge in [-0.2, -0.15) is 0 Å². The van der Waals surface area contributed by atoms with Gasteiger partial charge in [0.25, 0.3) is 0 Å². The molecule has 0 bridgehead atoms. The number of aromatic nitrogens is 1. The minimum Gasteiger partial charge on any atom is -0.489 e. The first kappa shape index (κ1) is 22.8. The van der Waals surface area contributed by atoms with Crippen molar-refractivity contribution in [3.05, 3.63) is 56.3 Å². The average molecular weight is 466 g/mol. The Morgan fingerprint density at radius 2 is 1.86 bits per heavy atom. The van der Waals surface area contributed by atoms with Crippen molar-refractivity contribution in [1.82, 2.24) is 4.98 Å². The molecule has 2 aromatic rings. The predicted octanol–water partition coefficient (Wildman–Crippen LogP) is 6.60. The van der Waals surface area contributed by atoms with E-state index >= 15 is 0 Å². The lowest BCUT2D eigenvalue weighted by Gasteiger charge is -2.11. The van der Waals surface area contributed by atoms with E-state index in [-0.39, 0.29) is 17.7 Å². The Morgan fingerprint density at radius 1 is 1.14 bits per heavy atom. The Balaban J connectivity index is 1.93. The van der Waals surface area contributed by atoms with Gasteiger partial charge in [0.05, 0.1) is 27.6 Å². The van der Waals surface area contributed by atoms with E-state index in [0.29, 0.717) is 34.1 Å². The molecule has 0 atom stereocenters. The fourth-order valence-electron chi connectivity index (χ4n) is 2.01. The fraction of sp³-hybridized carbons (Fsp3) is 0.316. The number of aromatic amines is 1. The van der Waals surface area contributed by atoms with Crippen LogP contribution in [0.1, 0.15) is 25.2 Å². The third kappa shape index (κ3) is 7.84. The molecule has 5 nitrogen and oxygen atoms in total. The second-order valence-corrected chi connectivity index (χ2v) is 7.99. The Morgan fingerprint density at radius 3 is 2.50 bits per heavy atom. The van der Waals surface area contributed by atoms with Crippen molar-refractivity contribution in [3.63, 3.8) is 0 Å². The number of H-pyrrole nitrogens is 1. The van der Waals surface area contributed by atoms with Crippen molar-refractivity contribution < 1.29 is 14.3 Å². The van der Waals surface area contributed by atoms with Crippen LogP contribution in [-0.2, 0) is 11.4 Å². The molecular weight excluding hydrogens is 446 g/mol. The topological polar surface area (TPSA) is 55.8 Å². The molecule has 28 heavy (non-hydrogen) atoms. The molecule has 0 amide bonds. The molecule has 0 fully saturated rings. The summed E-state index contributed by atoms with van der Waals surface area (Å²) in [5, 5.41) is 4.58. The standard InChI is InChI=1S/C19H20Cl4N2O3/c1-12(2)10-28-24-9-13-3-4-14(25-13)11-27-19-16(20)7-15(8-17(19)21)26-6-5-18(22)23/h3-5,7-9,12,25H,6,10-11H2,1-2H3/b24-9+. The smallest absolute Gasteiger partial charge is 0.157 e. The first-order valence-corrected chi connectivity index (χ1v) is 9.95. The zero-order valence-corrected chi connectivity index (χ0v) is 18.4. The number of halogens is 4. The molecule has 0 unspecified atom stereocenters. The molecule has 1 heterocycles. The van der Waals surface area contributed by atoms with Gasteiger partial charge in [-0.25, -0.2) is 0 Å². The molecule has 152 valence electrons. The van der Waals surface area contributed by atoms with Crippen LogP contribution in [0.15, 0.2) is 40.0 Å². The molecule has 0 aliphatic rings. The molecule has 2 rings (SSSR count). The molecule has 9 heteroatoms. The summed E-state index contributed by atoms with van der Waals surface area (Å²) in [5.41, 5.74) is 1.63. The highest BCUT2D eigenvalue weighted by molar-refractivity contribution is 6.55. The van der Waals surface area contributed by atoms with Gasteiger partial charge < -0.3 is 19.3 Å². The summed E-state index contributed by atoms with van der Waals surface area (Å²) in [5.74, 6) is 1.27. The van der Waals surface area contributed by atoms with E-state index < -0.39 is 0 Å². The molecule has 0 aliphatic carbocycles. The van der Waals surface area contributed by atoms with Gasteiger partial charge in [0.15, 0.2) is 5.75 Å². The number of hydrogen-bond donors (Lipinski definition) is 1. The van der Waals surface area contributed by atoms with Crippen LogP contribution in [0.3, 0.4) is 0 Å². The summed E-state index contributed by atoms with van der Waals surface area (Å²) in [6.45, 7) is 5.13. The Hall–Kier alpha value is -1.53. The number of nitrogens with one attached hydrogen (secondary N) is 1. The van der Waals surface area contributed by atoms with Gasteiger partial charge in [-0.05, 0) is 24.1 Å². The summed E-state index contributed by atoms with van der Waals surface area (Å²) < 4.78 is 11.3. The molecule has 0 saturated heterocycles. The molecule has 0 radical (unpaired) electrons. The van der Waals surface area contributed by atoms with Gasteiger partial charge in [0.2, 0.25) is 0 Å². The van der Waals surface area contributed by atoms with Crippen LogP contribution in [0, 0.1) is 5.92 Å². The SMILES string of the molecule is CC(C)CO/N=C/c1ccc(COc2c(Cl)cc(OCC=C(Cl)Cl)cc2Cl)[nH]1. The quantitative estimate of drug-likeness (QED) is 0.317. The van der Waals surface area contributed by atoms with Crippen molar-refractivity contribution in [2.45, 2.75) is 20.5 Å². The summed E-state index contributed by atoms with van der Waals surface area (Å²) in [4.78, 5) is 8.34. The maximum atomic E-state index is 6.25. The van der Waals surface area contributed by atoms with E-state index in [1.807, 2.05) is 12.1 Å². The fourth-order valence-corrected chi connectivity index (χ4v) is 2.72. The van der Waals surface area contributed by atoms with Crippen LogP contribution in [0.4, 0.5) is 0 Å². The van der Waals surface area contributed by atoms with Crippen LogP contribution in [-0.4, -0.2) is 24.4 Å². The van der Waals surface area contributed by atoms with E-state index in [9.17, 15) is 0 Å². The number of hydrogen-bond acceptors (Lipinski definition) is 4. The predicted molar refractivity (Wildman–Crippen MR) is 115 cm³/mol. The minimum atomic E-state index is 0.124. The van der Waals surface area contributed by atoms with Gasteiger partial charge in [-0.1, -0.05) is 65.4 Å². The van der Waals surface area contributed by atoms with Crippen LogP contribution >= 0.6 is 46.4 Å². The summed E-state index contributed by atoms with van der Waals surface area (Å²) in [7, 11) is 0. The lowest BCUT2D eigenvalue weighted by Crippen LogP contribution is -1.99. The molecule has 0 saturated carbocycles. The lowest BCUT2D eigenvalue weighted by molar-refractivity contribution is 0.120. The van der Waals surface area contributed by atoms with E-state index in [1.165, 1.54) is 6.08 Å². The van der Waals surface area contributed by atoms with Crippen LogP contribution in [0.2, 0.25) is 10.0 Å². The van der Waals surface area contributed by atoms with Crippen molar-refractivity contribution in [1.29, 1.82) is 0 Å². The Bertz CT molecular complexity index is 807. The third-order valence-corrected chi connectivity index (χ3v) is 4.14. The van der Waals surface area contributed by atoms with Gasteiger partial charge in [0.1, 0.15) is 30.1 Å². The molecule has 1 aromatic carbocycles. The molecule has 0 spiro atoms. The molecular formula is C19H20Cl4N2O3. The highest BCUT2D eigenvalue weighted by Crippen LogP contribution is 2.37. The number of oxime groups is 1. The van der Waals surface area contributed by atoms with Crippen molar-refractivity contribution in [2.24, 2.45) is 11.1 Å². The summed E-state index contributed by atoms with van der Waals surface area (Å²) in [6, 6.07) is 6.97. The number of ether oxygens (including phenoxy) is 2. The zero-order chi connectivity index (χ0) is 20.5. The number of benzene rings is 1. The second kappa shape index (κ2) is 11.5. The van der Waals surface area contributed by atoms with Gasteiger partial charge in [-0.3, -0.25) is 0 Å². The van der Waals surface area contributed by atoms with Gasteiger partial charge in [0, 0.05) is 12.1 Å². The second-order valence-electron chi connectivity index (χ2n) is 6.17. The maximum absolute atomic E-state index is 6.25. The molecule has 0 aliphatic heterocycles. The number of nitrogens with zero attached hydrogens (tertiary/aromatic N) is 1. The van der Waals surface area contributed by atoms with Gasteiger partial charge in [-0.15, -0.1) is 0 Å². The van der Waals surface area contributed by atoms with Crippen LogP contribution < -0.4 is 9.47 Å². The first-order chi connectivity index (χ1) is 13.3. The zero-order valence-electron chi connectivity index (χ0n) is 15.3. The van der Waals surface area contributed by atoms with Crippen molar-refractivity contribution in [3.8, 4) is 11.5 Å². The Labute approximate surface area is 184 Å².